The van der Waals surface area contributed by atoms with Crippen LogP contribution in [0.5, 0.6) is 0 Å². The van der Waals surface area contributed by atoms with Gasteiger partial charge in [0.25, 0.3) is 0 Å². The maximum atomic E-state index is 13.3. The molecule has 0 spiro atoms. The summed E-state index contributed by atoms with van der Waals surface area (Å²) in [6.07, 6.45) is -8.30. The number of hydrogen-bond acceptors (Lipinski definition) is 16. The van der Waals surface area contributed by atoms with Crippen LogP contribution in [0.3, 0.4) is 0 Å². The average Bonchev–Trinajstić information content (AvgIpc) is 0.857. The van der Waals surface area contributed by atoms with E-state index < -0.39 is 139 Å². The second kappa shape index (κ2) is 25.3. The lowest BCUT2D eigenvalue weighted by Crippen LogP contribution is -2.72. The molecule has 25 heteroatoms. The van der Waals surface area contributed by atoms with Crippen molar-refractivity contribution in [2.24, 2.45) is 57.2 Å². The van der Waals surface area contributed by atoms with Gasteiger partial charge in [-0.15, -0.1) is 0 Å². The number of halogens is 9. The van der Waals surface area contributed by atoms with Crippen LogP contribution in [0.15, 0.2) is 0 Å². The third kappa shape index (κ3) is 16.7. The summed E-state index contributed by atoms with van der Waals surface area (Å²) in [6.45, 7) is 23.5. The Hall–Kier alpha value is -3.07. The zero-order valence-electron chi connectivity index (χ0n) is 56.6. The topological polar surface area (TPSA) is 267 Å². The molecule has 0 aliphatic heterocycles. The fraction of sp³-hybridized carbons (Fsp3) is 0.940. The third-order valence-electron chi connectivity index (χ3n) is 23.4. The monoisotopic (exact) mass is 1340 g/mol. The SMILES string of the molecule is CCC(C)(C)C(=O)OC12CC3(O)CC(O)(CC(O)(C3)C1)C2.CCC(C)(C)C(=O)OC12CC3CC(O)(CC(O)(C3)C1)C2.CCC(C)(C)C(=O)OC1CC(C(C)(O)C(F)(F)F)CC(C(C)(O)C(F)(F)F)C1.CCC(C)(C)C(=O)OC1CC2CC1CC2CC(C)(O)C(F)(F)F. The number of carbonyl (C=O) groups excluding carboxylic acids is 4. The quantitative estimate of drug-likeness (QED) is 0.0406. The van der Waals surface area contributed by atoms with Gasteiger partial charge in [-0.1, -0.05) is 27.7 Å². The molecule has 0 aromatic carbocycles. The first kappa shape index (κ1) is 77.9. The summed E-state index contributed by atoms with van der Waals surface area (Å²) < 4.78 is 141. The maximum absolute atomic E-state index is 13.3. The molecule has 0 saturated heterocycles. The van der Waals surface area contributed by atoms with Crippen molar-refractivity contribution in [2.75, 3.05) is 0 Å². The molecule has 0 aromatic rings. The number of hydrogen-bond donors (Lipinski definition) is 8. The van der Waals surface area contributed by atoms with Crippen molar-refractivity contribution >= 4 is 23.9 Å². The lowest BCUT2D eigenvalue weighted by molar-refractivity contribution is -0.303. The van der Waals surface area contributed by atoms with Crippen LogP contribution in [-0.2, 0) is 38.1 Å². The second-order valence-corrected chi connectivity index (χ2v) is 33.6. The summed E-state index contributed by atoms with van der Waals surface area (Å²) in [6, 6.07) is 0. The molecular formula is C67H107F9O16. The van der Waals surface area contributed by atoms with Gasteiger partial charge in [-0.05, 0) is 190 Å². The summed E-state index contributed by atoms with van der Waals surface area (Å²) in [5.74, 6) is -4.48. The molecule has 0 aromatic heterocycles. The molecule has 11 rings (SSSR count). The van der Waals surface area contributed by atoms with E-state index in [2.05, 4.69) is 0 Å². The van der Waals surface area contributed by atoms with E-state index in [1.165, 1.54) is 0 Å². The number of ether oxygens (including phenoxy) is 4. The van der Waals surface area contributed by atoms with E-state index in [0.717, 1.165) is 39.0 Å². The Bertz CT molecular complexity index is 2560. The van der Waals surface area contributed by atoms with Gasteiger partial charge < -0.3 is 59.8 Å². The molecule has 11 saturated carbocycles. The van der Waals surface area contributed by atoms with E-state index in [-0.39, 0.29) is 73.4 Å². The van der Waals surface area contributed by atoms with Gasteiger partial charge in [0.05, 0.1) is 49.7 Å². The van der Waals surface area contributed by atoms with Crippen LogP contribution in [0.1, 0.15) is 252 Å². The summed E-state index contributed by atoms with van der Waals surface area (Å²) >= 11 is 0. The number of carbonyl (C=O) groups is 4. The van der Waals surface area contributed by atoms with Gasteiger partial charge in [-0.2, -0.15) is 39.5 Å². The van der Waals surface area contributed by atoms with E-state index in [1.807, 2.05) is 62.3 Å². The van der Waals surface area contributed by atoms with Crippen LogP contribution in [0.25, 0.3) is 0 Å². The molecule has 16 nitrogen and oxygen atoms in total. The van der Waals surface area contributed by atoms with Crippen LogP contribution >= 0.6 is 0 Å². The molecule has 0 radical (unpaired) electrons. The van der Waals surface area contributed by atoms with E-state index in [1.54, 1.807) is 20.8 Å². The first-order chi connectivity index (χ1) is 41.2. The third-order valence-corrected chi connectivity index (χ3v) is 23.4. The van der Waals surface area contributed by atoms with Crippen molar-refractivity contribution in [3.05, 3.63) is 0 Å². The summed E-state index contributed by atoms with van der Waals surface area (Å²) in [5, 5.41) is 83.0. The molecule has 11 fully saturated rings. The molecule has 0 amide bonds. The van der Waals surface area contributed by atoms with Crippen molar-refractivity contribution in [1.82, 2.24) is 0 Å². The molecule has 11 aliphatic carbocycles. The highest BCUT2D eigenvalue weighted by molar-refractivity contribution is 5.77. The molecule has 11 atom stereocenters. The number of rotatable bonds is 16. The maximum Gasteiger partial charge on any atom is 0.417 e. The largest absolute Gasteiger partial charge is 0.462 e. The normalized spacial score (nSPS) is 38.4. The zero-order chi connectivity index (χ0) is 70.5. The summed E-state index contributed by atoms with van der Waals surface area (Å²) in [4.78, 5) is 49.3. The van der Waals surface area contributed by atoms with Gasteiger partial charge in [-0.25, -0.2) is 0 Å². The number of fused-ring (bicyclic) bond motifs is 2. The van der Waals surface area contributed by atoms with E-state index in [0.29, 0.717) is 84.5 Å². The fourth-order valence-corrected chi connectivity index (χ4v) is 16.8. The Balaban J connectivity index is 0.000000196. The minimum atomic E-state index is -5.10. The number of aliphatic hydroxyl groups is 8. The van der Waals surface area contributed by atoms with Crippen molar-refractivity contribution < 1.29 is 118 Å². The Morgan fingerprint density at radius 1 is 0.402 bits per heavy atom. The van der Waals surface area contributed by atoms with Crippen LogP contribution < -0.4 is 0 Å². The van der Waals surface area contributed by atoms with Gasteiger partial charge in [0, 0.05) is 69.6 Å². The first-order valence-corrected chi connectivity index (χ1v) is 33.0. The van der Waals surface area contributed by atoms with Crippen molar-refractivity contribution in [3.63, 3.8) is 0 Å². The molecule has 11 aliphatic rings. The molecule has 92 heavy (non-hydrogen) atoms. The van der Waals surface area contributed by atoms with E-state index in [4.69, 9.17) is 18.9 Å². The number of alkyl halides is 9. The second-order valence-electron chi connectivity index (χ2n) is 33.6. The molecule has 10 bridgehead atoms. The van der Waals surface area contributed by atoms with Gasteiger partial charge in [0.2, 0.25) is 0 Å². The predicted octanol–water partition coefficient (Wildman–Crippen LogP) is 11.9. The number of esters is 4. The summed E-state index contributed by atoms with van der Waals surface area (Å²) in [5.41, 5.74) is -18.5. The predicted molar refractivity (Wildman–Crippen MR) is 317 cm³/mol. The average molecular weight is 1340 g/mol. The van der Waals surface area contributed by atoms with Crippen molar-refractivity contribution in [3.8, 4) is 0 Å². The lowest BCUT2D eigenvalue weighted by atomic mass is 9.48. The molecule has 0 heterocycles. The zero-order valence-corrected chi connectivity index (χ0v) is 56.6. The van der Waals surface area contributed by atoms with Crippen LogP contribution in [0, 0.1) is 57.2 Å². The molecule has 534 valence electrons. The standard InChI is InChI=1S/C18H28F6O4.C17H27F3O3.C16H26O5.C16H26O4/c1-6-14(2,3)13(25)28-12-8-10(15(4,26)17(19,20)21)7-11(9-12)16(5,27)18(22,23)24;1-5-15(2,3)14(21)23-13-8-10-6-11(13)7-12(10)9-16(4,22)17(18,19)20;1-4-12(2,3)11(17)21-16-8-13(18)5-14(19,9-16)7-15(20,6-13)10-16;1-4-13(2,3)12(17)20-16-7-11-5-14(18,9-16)8-15(19,6-11)10-16/h10-12,26-27H,6-9H2,1-5H3;10-13,22H,5-9H2,1-4H3;18-20H,4-10H2,1-3H3;11,18-19H,4-10H2,1-3H3. The highest BCUT2D eigenvalue weighted by atomic mass is 19.4. The van der Waals surface area contributed by atoms with Crippen LogP contribution in [-0.4, -0.2) is 151 Å². The van der Waals surface area contributed by atoms with Gasteiger partial charge >= 0.3 is 42.4 Å². The lowest BCUT2D eigenvalue weighted by Gasteiger charge is -2.65. The summed E-state index contributed by atoms with van der Waals surface area (Å²) in [7, 11) is 0. The Labute approximate surface area is 536 Å². The van der Waals surface area contributed by atoms with Gasteiger partial charge in [0.15, 0.2) is 16.8 Å². The Morgan fingerprint density at radius 3 is 1.09 bits per heavy atom. The Morgan fingerprint density at radius 2 is 0.750 bits per heavy atom. The molecule has 11 unspecified atom stereocenters. The molecule has 8 N–H and O–H groups in total. The smallest absolute Gasteiger partial charge is 0.417 e. The van der Waals surface area contributed by atoms with Crippen LogP contribution in [0.4, 0.5) is 39.5 Å². The van der Waals surface area contributed by atoms with Crippen molar-refractivity contribution in [2.45, 2.75) is 338 Å². The highest BCUT2D eigenvalue weighted by Crippen LogP contribution is 2.64. The van der Waals surface area contributed by atoms with Gasteiger partial charge in [0.1, 0.15) is 23.4 Å². The Kier molecular flexibility index (Phi) is 21.5. The first-order valence-electron chi connectivity index (χ1n) is 33.0. The fourth-order valence-electron chi connectivity index (χ4n) is 16.8. The minimum Gasteiger partial charge on any atom is -0.462 e. The van der Waals surface area contributed by atoms with Crippen LogP contribution in [0.2, 0.25) is 0 Å². The molecular weight excluding hydrogens is 1230 g/mol. The van der Waals surface area contributed by atoms with Gasteiger partial charge in [-0.3, -0.25) is 19.2 Å². The highest BCUT2D eigenvalue weighted by Gasteiger charge is 2.70. The minimum absolute atomic E-state index is 0.108. The van der Waals surface area contributed by atoms with Crippen molar-refractivity contribution in [1.29, 1.82) is 0 Å². The van der Waals surface area contributed by atoms with E-state index >= 15 is 0 Å². The van der Waals surface area contributed by atoms with E-state index in [9.17, 15) is 99.5 Å².